The molecule has 3 rings (SSSR count). The van der Waals surface area contributed by atoms with Crippen molar-refractivity contribution in [3.63, 3.8) is 0 Å². The van der Waals surface area contributed by atoms with Gasteiger partial charge in [0.05, 0.1) is 17.4 Å². The Hall–Kier alpha value is -2.69. The molecule has 1 aromatic carbocycles. The lowest BCUT2D eigenvalue weighted by molar-refractivity contribution is 0.0378. The van der Waals surface area contributed by atoms with Gasteiger partial charge in [0, 0.05) is 18.0 Å². The number of hydrogen-bond donors (Lipinski definition) is 0. The van der Waals surface area contributed by atoms with Gasteiger partial charge < -0.3 is 4.74 Å². The Morgan fingerprint density at radius 1 is 1.14 bits per heavy atom. The molecule has 21 heavy (non-hydrogen) atoms. The van der Waals surface area contributed by atoms with E-state index in [0.717, 1.165) is 16.9 Å². The summed E-state index contributed by atoms with van der Waals surface area (Å²) >= 11 is 0. The Labute approximate surface area is 122 Å². The molecule has 0 fully saturated rings. The van der Waals surface area contributed by atoms with Crippen LogP contribution in [0.3, 0.4) is 0 Å². The summed E-state index contributed by atoms with van der Waals surface area (Å²) in [6.45, 7) is 3.66. The highest BCUT2D eigenvalue weighted by Gasteiger charge is 2.09. The van der Waals surface area contributed by atoms with Crippen LogP contribution in [0.2, 0.25) is 0 Å². The Balaban J connectivity index is 1.87. The molecule has 3 aromatic rings. The maximum atomic E-state index is 11.8. The number of carbonyl (C=O) groups excluding carboxylic acids is 1. The van der Waals surface area contributed by atoms with E-state index >= 15 is 0 Å². The Bertz CT molecular complexity index is 776. The first-order chi connectivity index (χ1) is 10.1. The second-order valence-electron chi connectivity index (χ2n) is 4.98. The van der Waals surface area contributed by atoms with Crippen molar-refractivity contribution in [2.24, 2.45) is 0 Å². The fourth-order valence-electron chi connectivity index (χ4n) is 2.03. The van der Waals surface area contributed by atoms with Crippen LogP contribution in [0.4, 0.5) is 0 Å². The Morgan fingerprint density at radius 2 is 1.90 bits per heavy atom. The predicted octanol–water partition coefficient (Wildman–Crippen LogP) is 2.96. The highest BCUT2D eigenvalue weighted by molar-refractivity contribution is 5.90. The van der Waals surface area contributed by atoms with Gasteiger partial charge in [0.25, 0.3) is 0 Å². The van der Waals surface area contributed by atoms with Gasteiger partial charge in [-0.1, -0.05) is 12.1 Å². The van der Waals surface area contributed by atoms with E-state index in [0.29, 0.717) is 5.56 Å². The SMILES string of the molecule is CC(C)OC(=O)c1ccc(-c2ccc3nccn3n2)cc1. The Kier molecular flexibility index (Phi) is 3.39. The first kappa shape index (κ1) is 13.3. The fourth-order valence-corrected chi connectivity index (χ4v) is 2.03. The van der Waals surface area contributed by atoms with Crippen LogP contribution in [0.5, 0.6) is 0 Å². The fraction of sp³-hybridized carbons (Fsp3) is 0.188. The normalized spacial score (nSPS) is 11.0. The van der Waals surface area contributed by atoms with Gasteiger partial charge in [-0.3, -0.25) is 0 Å². The van der Waals surface area contributed by atoms with Crippen LogP contribution in [0.1, 0.15) is 24.2 Å². The van der Waals surface area contributed by atoms with Gasteiger partial charge in [0.2, 0.25) is 0 Å². The lowest BCUT2D eigenvalue weighted by atomic mass is 10.1. The number of aromatic nitrogens is 3. The van der Waals surface area contributed by atoms with E-state index in [1.165, 1.54) is 0 Å². The summed E-state index contributed by atoms with van der Waals surface area (Å²) in [7, 11) is 0. The zero-order valence-corrected chi connectivity index (χ0v) is 11.9. The van der Waals surface area contributed by atoms with Crippen LogP contribution in [-0.4, -0.2) is 26.7 Å². The zero-order valence-electron chi connectivity index (χ0n) is 11.9. The summed E-state index contributed by atoms with van der Waals surface area (Å²) in [4.78, 5) is 16.0. The van der Waals surface area contributed by atoms with Crippen LogP contribution in [-0.2, 0) is 4.74 Å². The molecule has 0 bridgehead atoms. The number of hydrogen-bond acceptors (Lipinski definition) is 4. The Morgan fingerprint density at radius 3 is 2.62 bits per heavy atom. The molecule has 2 aromatic heterocycles. The molecule has 0 spiro atoms. The molecule has 2 heterocycles. The van der Waals surface area contributed by atoms with Crippen LogP contribution in [0.25, 0.3) is 16.9 Å². The molecular weight excluding hydrogens is 266 g/mol. The second-order valence-corrected chi connectivity index (χ2v) is 4.98. The summed E-state index contributed by atoms with van der Waals surface area (Å²) in [6, 6.07) is 11.0. The third kappa shape index (κ3) is 2.76. The second kappa shape index (κ2) is 5.36. The molecule has 0 aliphatic rings. The van der Waals surface area contributed by atoms with Gasteiger partial charge in [0.15, 0.2) is 5.65 Å². The van der Waals surface area contributed by atoms with Gasteiger partial charge in [-0.05, 0) is 38.1 Å². The topological polar surface area (TPSA) is 56.5 Å². The third-order valence-electron chi connectivity index (χ3n) is 3.01. The van der Waals surface area contributed by atoms with Gasteiger partial charge in [-0.15, -0.1) is 0 Å². The maximum Gasteiger partial charge on any atom is 0.338 e. The van der Waals surface area contributed by atoms with Crippen molar-refractivity contribution in [3.05, 3.63) is 54.4 Å². The van der Waals surface area contributed by atoms with Gasteiger partial charge in [-0.2, -0.15) is 5.10 Å². The molecule has 0 saturated carbocycles. The van der Waals surface area contributed by atoms with Crippen molar-refractivity contribution in [2.75, 3.05) is 0 Å². The highest BCUT2D eigenvalue weighted by atomic mass is 16.5. The van der Waals surface area contributed by atoms with E-state index in [2.05, 4.69) is 10.1 Å². The standard InChI is InChI=1S/C16H15N3O2/c1-11(2)21-16(20)13-5-3-12(4-6-13)14-7-8-15-17-9-10-19(15)18-14/h3-11H,1-2H3. The van der Waals surface area contributed by atoms with Gasteiger partial charge in [0.1, 0.15) is 0 Å². The van der Waals surface area contributed by atoms with Crippen molar-refractivity contribution in [1.29, 1.82) is 0 Å². The summed E-state index contributed by atoms with van der Waals surface area (Å²) in [5.41, 5.74) is 3.10. The summed E-state index contributed by atoms with van der Waals surface area (Å²) in [6.07, 6.45) is 3.38. The van der Waals surface area contributed by atoms with E-state index in [1.54, 1.807) is 29.0 Å². The average Bonchev–Trinajstić information content (AvgIpc) is 2.94. The minimum absolute atomic E-state index is 0.123. The number of imidazole rings is 1. The van der Waals surface area contributed by atoms with E-state index in [9.17, 15) is 4.79 Å². The minimum Gasteiger partial charge on any atom is -0.459 e. The molecule has 106 valence electrons. The number of nitrogens with zero attached hydrogens (tertiary/aromatic N) is 3. The molecule has 0 radical (unpaired) electrons. The minimum atomic E-state index is -0.311. The summed E-state index contributed by atoms with van der Waals surface area (Å²) in [5.74, 6) is -0.311. The molecule has 0 atom stereocenters. The summed E-state index contributed by atoms with van der Waals surface area (Å²) < 4.78 is 6.88. The van der Waals surface area contributed by atoms with E-state index < -0.39 is 0 Å². The lowest BCUT2D eigenvalue weighted by Crippen LogP contribution is -2.11. The molecule has 0 N–H and O–H groups in total. The van der Waals surface area contributed by atoms with Gasteiger partial charge in [-0.25, -0.2) is 14.3 Å². The first-order valence-electron chi connectivity index (χ1n) is 6.75. The van der Waals surface area contributed by atoms with Gasteiger partial charge >= 0.3 is 5.97 Å². The number of carbonyl (C=O) groups is 1. The maximum absolute atomic E-state index is 11.8. The average molecular weight is 281 g/mol. The number of ether oxygens (including phenoxy) is 1. The van der Waals surface area contributed by atoms with Crippen molar-refractivity contribution in [1.82, 2.24) is 14.6 Å². The molecule has 0 amide bonds. The van der Waals surface area contributed by atoms with Crippen molar-refractivity contribution in [2.45, 2.75) is 20.0 Å². The van der Waals surface area contributed by atoms with Crippen LogP contribution in [0.15, 0.2) is 48.8 Å². The number of rotatable bonds is 3. The molecular formula is C16H15N3O2. The van der Waals surface area contributed by atoms with E-state index in [4.69, 9.17) is 4.74 Å². The van der Waals surface area contributed by atoms with Crippen LogP contribution < -0.4 is 0 Å². The molecule has 0 saturated heterocycles. The highest BCUT2D eigenvalue weighted by Crippen LogP contribution is 2.18. The molecule has 5 heteroatoms. The third-order valence-corrected chi connectivity index (χ3v) is 3.01. The largest absolute Gasteiger partial charge is 0.459 e. The number of fused-ring (bicyclic) bond motifs is 1. The van der Waals surface area contributed by atoms with Crippen molar-refractivity contribution in [3.8, 4) is 11.3 Å². The van der Waals surface area contributed by atoms with E-state index in [-0.39, 0.29) is 12.1 Å². The first-order valence-corrected chi connectivity index (χ1v) is 6.75. The smallest absolute Gasteiger partial charge is 0.338 e. The molecule has 0 unspecified atom stereocenters. The van der Waals surface area contributed by atoms with Crippen molar-refractivity contribution < 1.29 is 9.53 Å². The number of esters is 1. The van der Waals surface area contributed by atoms with Crippen LogP contribution in [0, 0.1) is 0 Å². The summed E-state index contributed by atoms with van der Waals surface area (Å²) in [5, 5.41) is 4.47. The number of benzene rings is 1. The monoisotopic (exact) mass is 281 g/mol. The quantitative estimate of drug-likeness (QED) is 0.693. The molecule has 5 nitrogen and oxygen atoms in total. The molecule has 0 aliphatic heterocycles. The van der Waals surface area contributed by atoms with E-state index in [1.807, 2.05) is 38.1 Å². The zero-order chi connectivity index (χ0) is 14.8. The predicted molar refractivity (Wildman–Crippen MR) is 79.0 cm³/mol. The van der Waals surface area contributed by atoms with Crippen LogP contribution >= 0.6 is 0 Å². The van der Waals surface area contributed by atoms with Crippen molar-refractivity contribution >= 4 is 11.6 Å². The lowest BCUT2D eigenvalue weighted by Gasteiger charge is -2.08. The molecule has 0 aliphatic carbocycles.